The number of hydrogen-bond donors (Lipinski definition) is 3. The Labute approximate surface area is 101 Å². The Morgan fingerprint density at radius 2 is 1.58 bits per heavy atom. The smallest absolute Gasteiger partial charge is 0.0224 e. The van der Waals surface area contributed by atoms with Gasteiger partial charge >= 0.3 is 0 Å². The molecule has 0 aromatic carbocycles. The van der Waals surface area contributed by atoms with E-state index in [2.05, 4.69) is 37.9 Å². The molecule has 0 bridgehead atoms. The highest BCUT2D eigenvalue weighted by Gasteiger charge is 2.03. The van der Waals surface area contributed by atoms with E-state index < -0.39 is 0 Å². The van der Waals surface area contributed by atoms with E-state index in [9.17, 15) is 0 Å². The molecule has 5 heteroatoms. The Hall–Kier alpha value is 1.75. The largest absolute Gasteiger partial charge is 0.179 e. The van der Waals surface area contributed by atoms with Crippen molar-refractivity contribution in [3.63, 3.8) is 0 Å². The van der Waals surface area contributed by atoms with Gasteiger partial charge in [0.1, 0.15) is 0 Å². The average molecular weight is 261 g/mol. The predicted octanol–water partition coefficient (Wildman–Crippen LogP) is 2.61. The second-order valence-electron chi connectivity index (χ2n) is 2.19. The van der Waals surface area contributed by atoms with Gasteiger partial charge in [-0.2, -0.15) is 61.4 Å². The summed E-state index contributed by atoms with van der Waals surface area (Å²) in [6.07, 6.45) is 0. The van der Waals surface area contributed by atoms with E-state index in [1.54, 1.807) is 0 Å². The third-order valence-electron chi connectivity index (χ3n) is 1.22. The number of rotatable bonds is 8. The second kappa shape index (κ2) is 10.8. The van der Waals surface area contributed by atoms with Gasteiger partial charge in [0, 0.05) is 34.0 Å². The first-order valence-corrected chi connectivity index (χ1v) is 7.97. The maximum atomic E-state index is 4.25. The summed E-state index contributed by atoms with van der Waals surface area (Å²) in [5.74, 6) is 6.46. The zero-order valence-corrected chi connectivity index (χ0v) is 11.3. The summed E-state index contributed by atoms with van der Waals surface area (Å²) >= 11 is 16.6. The zero-order chi connectivity index (χ0) is 9.23. The van der Waals surface area contributed by atoms with Gasteiger partial charge in [0.15, 0.2) is 0 Å². The van der Waals surface area contributed by atoms with Crippen molar-refractivity contribution in [2.24, 2.45) is 0 Å². The molecule has 0 unspecified atom stereocenters. The van der Waals surface area contributed by atoms with Gasteiger partial charge in [-0.15, -0.1) is 0 Å². The van der Waals surface area contributed by atoms with Crippen molar-refractivity contribution >= 4 is 61.4 Å². The fraction of sp³-hybridized carbons (Fsp3) is 1.00. The lowest BCUT2D eigenvalue weighted by Crippen LogP contribution is -2.08. The van der Waals surface area contributed by atoms with Crippen LogP contribution in [0, 0.1) is 0 Å². The van der Waals surface area contributed by atoms with Crippen LogP contribution < -0.4 is 0 Å². The second-order valence-corrected chi connectivity index (χ2v) is 6.00. The van der Waals surface area contributed by atoms with Crippen LogP contribution in [0.15, 0.2) is 0 Å². The van der Waals surface area contributed by atoms with E-state index in [1.165, 1.54) is 11.5 Å². The van der Waals surface area contributed by atoms with E-state index in [-0.39, 0.29) is 0 Å². The number of hydrogen-bond acceptors (Lipinski definition) is 5. The maximum absolute atomic E-state index is 4.25. The molecule has 0 saturated carbocycles. The summed E-state index contributed by atoms with van der Waals surface area (Å²) < 4.78 is 0. The van der Waals surface area contributed by atoms with E-state index in [4.69, 9.17) is 0 Å². The fourth-order valence-corrected chi connectivity index (χ4v) is 3.82. The molecule has 0 rings (SSSR count). The quantitative estimate of drug-likeness (QED) is 0.453. The topological polar surface area (TPSA) is 0 Å². The Kier molecular flexibility index (Phi) is 12.4. The SMILES string of the molecule is SCCSCCSC(CS)CS. The summed E-state index contributed by atoms with van der Waals surface area (Å²) in [4.78, 5) is 0. The van der Waals surface area contributed by atoms with Crippen molar-refractivity contribution in [2.45, 2.75) is 5.25 Å². The van der Waals surface area contributed by atoms with E-state index in [0.29, 0.717) is 5.25 Å². The summed E-state index contributed by atoms with van der Waals surface area (Å²) in [6.45, 7) is 0. The molecular weight excluding hydrogens is 244 g/mol. The molecule has 0 atom stereocenters. The molecule has 0 radical (unpaired) electrons. The molecule has 74 valence electrons. The van der Waals surface area contributed by atoms with Crippen molar-refractivity contribution in [2.75, 3.05) is 34.5 Å². The van der Waals surface area contributed by atoms with Gasteiger partial charge in [0.25, 0.3) is 0 Å². The third kappa shape index (κ3) is 8.35. The highest BCUT2D eigenvalue weighted by Crippen LogP contribution is 2.15. The van der Waals surface area contributed by atoms with Crippen molar-refractivity contribution in [1.82, 2.24) is 0 Å². The van der Waals surface area contributed by atoms with Crippen molar-refractivity contribution < 1.29 is 0 Å². The standard InChI is InChI=1S/C7H16S5/c8-1-2-11-3-4-12-7(5-9)6-10/h7-10H,1-6H2. The molecule has 0 amide bonds. The highest BCUT2D eigenvalue weighted by molar-refractivity contribution is 8.04. The lowest BCUT2D eigenvalue weighted by atomic mass is 10.5. The van der Waals surface area contributed by atoms with Crippen LogP contribution in [0.5, 0.6) is 0 Å². The minimum Gasteiger partial charge on any atom is -0.179 e. The monoisotopic (exact) mass is 260 g/mol. The minimum atomic E-state index is 0.619. The molecule has 0 aromatic heterocycles. The van der Waals surface area contributed by atoms with Crippen LogP contribution in [0.4, 0.5) is 0 Å². The summed E-state index contributed by atoms with van der Waals surface area (Å²) in [5.41, 5.74) is 0. The third-order valence-corrected chi connectivity index (χ3v) is 5.61. The highest BCUT2D eigenvalue weighted by atomic mass is 32.2. The van der Waals surface area contributed by atoms with Crippen LogP contribution in [-0.2, 0) is 0 Å². The van der Waals surface area contributed by atoms with Crippen molar-refractivity contribution in [3.05, 3.63) is 0 Å². The molecule has 0 nitrogen and oxygen atoms in total. The Morgan fingerprint density at radius 1 is 0.917 bits per heavy atom. The first kappa shape index (κ1) is 13.8. The summed E-state index contributed by atoms with van der Waals surface area (Å²) in [5, 5.41) is 0.619. The van der Waals surface area contributed by atoms with Crippen LogP contribution in [0.1, 0.15) is 0 Å². The zero-order valence-electron chi connectivity index (χ0n) is 6.98. The molecule has 0 aliphatic heterocycles. The first-order valence-electron chi connectivity index (χ1n) is 3.87. The van der Waals surface area contributed by atoms with E-state index >= 15 is 0 Å². The minimum absolute atomic E-state index is 0.619. The molecule has 0 aliphatic carbocycles. The molecule has 0 aromatic rings. The molecule has 0 N–H and O–H groups in total. The van der Waals surface area contributed by atoms with Crippen molar-refractivity contribution in [1.29, 1.82) is 0 Å². The normalized spacial score (nSPS) is 11.0. The average Bonchev–Trinajstić information content (AvgIpc) is 2.11. The van der Waals surface area contributed by atoms with Crippen LogP contribution in [0.3, 0.4) is 0 Å². The summed E-state index contributed by atoms with van der Waals surface area (Å²) in [7, 11) is 0. The Balaban J connectivity index is 3.06. The lowest BCUT2D eigenvalue weighted by molar-refractivity contribution is 1.16. The van der Waals surface area contributed by atoms with Gasteiger partial charge in [-0.05, 0) is 5.75 Å². The van der Waals surface area contributed by atoms with Gasteiger partial charge < -0.3 is 0 Å². The lowest BCUT2D eigenvalue weighted by Gasteiger charge is -2.09. The van der Waals surface area contributed by atoms with Gasteiger partial charge in [0.2, 0.25) is 0 Å². The molecule has 0 aliphatic rings. The van der Waals surface area contributed by atoms with Crippen LogP contribution >= 0.6 is 61.4 Å². The number of thioether (sulfide) groups is 2. The Morgan fingerprint density at radius 3 is 2.08 bits per heavy atom. The van der Waals surface area contributed by atoms with E-state index in [0.717, 1.165) is 23.0 Å². The maximum Gasteiger partial charge on any atom is 0.0224 e. The number of thiol groups is 3. The van der Waals surface area contributed by atoms with Gasteiger partial charge in [-0.25, -0.2) is 0 Å². The van der Waals surface area contributed by atoms with Crippen LogP contribution in [0.25, 0.3) is 0 Å². The Bertz CT molecular complexity index is 83.9. The molecule has 0 heterocycles. The van der Waals surface area contributed by atoms with Gasteiger partial charge in [0.05, 0.1) is 0 Å². The first-order chi connectivity index (χ1) is 5.85. The fourth-order valence-electron chi connectivity index (χ4n) is 0.603. The predicted molar refractivity (Wildman–Crippen MR) is 75.1 cm³/mol. The summed E-state index contributed by atoms with van der Waals surface area (Å²) in [6, 6.07) is 0. The van der Waals surface area contributed by atoms with Crippen LogP contribution in [-0.4, -0.2) is 39.8 Å². The molecular formula is C7H16S5. The van der Waals surface area contributed by atoms with Gasteiger partial charge in [-0.1, -0.05) is 0 Å². The van der Waals surface area contributed by atoms with Crippen LogP contribution in [0.2, 0.25) is 0 Å². The van der Waals surface area contributed by atoms with E-state index in [1.807, 2.05) is 23.5 Å². The molecule has 0 saturated heterocycles. The van der Waals surface area contributed by atoms with Gasteiger partial charge in [-0.3, -0.25) is 0 Å². The molecule has 12 heavy (non-hydrogen) atoms. The molecule has 0 spiro atoms. The molecule has 0 fully saturated rings. The van der Waals surface area contributed by atoms with Crippen molar-refractivity contribution in [3.8, 4) is 0 Å².